The second-order valence-electron chi connectivity index (χ2n) is 4.99. The van der Waals surface area contributed by atoms with Crippen LogP contribution in [0.15, 0.2) is 60.8 Å². The van der Waals surface area contributed by atoms with Gasteiger partial charge in [0.15, 0.2) is 0 Å². The number of rotatable bonds is 5. The molecule has 0 radical (unpaired) electrons. The average Bonchev–Trinajstić information content (AvgIpc) is 2.92. The lowest BCUT2D eigenvalue weighted by Gasteiger charge is -2.04. The topological polar surface area (TPSA) is 42.1 Å². The zero-order chi connectivity index (χ0) is 14.5. The van der Waals surface area contributed by atoms with E-state index in [1.807, 2.05) is 54.7 Å². The fraction of sp³-hybridized carbons (Fsp3) is 0.167. The molecule has 0 fully saturated rings. The van der Waals surface area contributed by atoms with Crippen molar-refractivity contribution >= 4 is 16.9 Å². The molecule has 0 atom stereocenters. The first-order valence-corrected chi connectivity index (χ1v) is 7.07. The van der Waals surface area contributed by atoms with Crippen LogP contribution in [0.3, 0.4) is 0 Å². The average molecular weight is 279 g/mol. The molecule has 3 aromatic rings. The van der Waals surface area contributed by atoms with Crippen LogP contribution in [0.2, 0.25) is 0 Å². The molecular weight excluding hydrogens is 262 g/mol. The molecule has 0 unspecified atom stereocenters. The van der Waals surface area contributed by atoms with Gasteiger partial charge in [-0.25, -0.2) is 0 Å². The van der Waals surface area contributed by atoms with Gasteiger partial charge < -0.3 is 9.72 Å². The Kier molecular flexibility index (Phi) is 4.01. The van der Waals surface area contributed by atoms with E-state index < -0.39 is 0 Å². The lowest BCUT2D eigenvalue weighted by Crippen LogP contribution is -2.10. The highest BCUT2D eigenvalue weighted by molar-refractivity contribution is 5.83. The normalized spacial score (nSPS) is 10.7. The van der Waals surface area contributed by atoms with Crippen LogP contribution in [0.1, 0.15) is 11.1 Å². The first kappa shape index (κ1) is 13.4. The first-order valence-electron chi connectivity index (χ1n) is 7.07. The third-order valence-electron chi connectivity index (χ3n) is 3.50. The number of hydrogen-bond acceptors (Lipinski definition) is 2. The zero-order valence-corrected chi connectivity index (χ0v) is 11.7. The summed E-state index contributed by atoms with van der Waals surface area (Å²) in [6.07, 6.45) is 3.04. The van der Waals surface area contributed by atoms with E-state index in [0.29, 0.717) is 13.0 Å². The molecule has 1 heterocycles. The Hall–Kier alpha value is -2.55. The van der Waals surface area contributed by atoms with Gasteiger partial charge in [0.1, 0.15) is 0 Å². The molecule has 0 saturated heterocycles. The molecule has 2 aromatic carbocycles. The van der Waals surface area contributed by atoms with Crippen molar-refractivity contribution in [2.75, 3.05) is 6.61 Å². The molecule has 3 rings (SSSR count). The van der Waals surface area contributed by atoms with Gasteiger partial charge in [0, 0.05) is 23.5 Å². The highest BCUT2D eigenvalue weighted by Crippen LogP contribution is 2.18. The second kappa shape index (κ2) is 6.27. The summed E-state index contributed by atoms with van der Waals surface area (Å²) in [6, 6.07) is 17.8. The van der Waals surface area contributed by atoms with Crippen LogP contribution in [0.5, 0.6) is 0 Å². The molecule has 106 valence electrons. The fourth-order valence-electron chi connectivity index (χ4n) is 2.43. The molecule has 0 aliphatic rings. The van der Waals surface area contributed by atoms with Crippen LogP contribution in [-0.2, 0) is 22.4 Å². The lowest BCUT2D eigenvalue weighted by atomic mass is 10.1. The number of hydrogen-bond donors (Lipinski definition) is 1. The molecule has 21 heavy (non-hydrogen) atoms. The SMILES string of the molecule is O=C(Cc1ccccc1)OCCc1c[nH]c2ccccc12. The number of ether oxygens (including phenoxy) is 1. The molecule has 1 N–H and O–H groups in total. The molecule has 0 bridgehead atoms. The minimum atomic E-state index is -0.180. The van der Waals surface area contributed by atoms with Crippen molar-refractivity contribution in [2.24, 2.45) is 0 Å². The maximum atomic E-state index is 11.8. The minimum Gasteiger partial charge on any atom is -0.465 e. The molecule has 0 saturated carbocycles. The Morgan fingerprint density at radius 1 is 1.00 bits per heavy atom. The van der Waals surface area contributed by atoms with Crippen molar-refractivity contribution in [3.05, 3.63) is 71.9 Å². The van der Waals surface area contributed by atoms with Gasteiger partial charge in [0.25, 0.3) is 0 Å². The van der Waals surface area contributed by atoms with Crippen LogP contribution in [0.4, 0.5) is 0 Å². The van der Waals surface area contributed by atoms with Crippen molar-refractivity contribution in [2.45, 2.75) is 12.8 Å². The van der Waals surface area contributed by atoms with E-state index in [1.165, 1.54) is 10.9 Å². The Morgan fingerprint density at radius 2 is 1.76 bits per heavy atom. The number of carbonyl (C=O) groups excluding carboxylic acids is 1. The van der Waals surface area contributed by atoms with Crippen molar-refractivity contribution in [1.29, 1.82) is 0 Å². The predicted octanol–water partition coefficient (Wildman–Crippen LogP) is 3.50. The third kappa shape index (κ3) is 3.31. The molecule has 0 amide bonds. The van der Waals surface area contributed by atoms with Gasteiger partial charge in [-0.15, -0.1) is 0 Å². The van der Waals surface area contributed by atoms with Gasteiger partial charge in [-0.3, -0.25) is 4.79 Å². The van der Waals surface area contributed by atoms with Crippen molar-refractivity contribution < 1.29 is 9.53 Å². The molecule has 3 nitrogen and oxygen atoms in total. The number of benzene rings is 2. The van der Waals surface area contributed by atoms with Crippen LogP contribution >= 0.6 is 0 Å². The number of fused-ring (bicyclic) bond motifs is 1. The van der Waals surface area contributed by atoms with Gasteiger partial charge >= 0.3 is 5.97 Å². The quantitative estimate of drug-likeness (QED) is 0.726. The van der Waals surface area contributed by atoms with E-state index in [9.17, 15) is 4.79 Å². The van der Waals surface area contributed by atoms with Crippen LogP contribution in [-0.4, -0.2) is 17.6 Å². The maximum Gasteiger partial charge on any atom is 0.310 e. The number of H-pyrrole nitrogens is 1. The number of nitrogens with one attached hydrogen (secondary N) is 1. The summed E-state index contributed by atoms with van der Waals surface area (Å²) in [5.74, 6) is -0.180. The fourth-order valence-corrected chi connectivity index (χ4v) is 2.43. The third-order valence-corrected chi connectivity index (χ3v) is 3.50. The summed E-state index contributed by atoms with van der Waals surface area (Å²) < 4.78 is 5.32. The standard InChI is InChI=1S/C18H17NO2/c20-18(12-14-6-2-1-3-7-14)21-11-10-15-13-19-17-9-5-4-8-16(15)17/h1-9,13,19H,10-12H2. The first-order chi connectivity index (χ1) is 10.3. The zero-order valence-electron chi connectivity index (χ0n) is 11.7. The summed E-state index contributed by atoms with van der Waals surface area (Å²) in [5.41, 5.74) is 3.27. The van der Waals surface area contributed by atoms with Crippen molar-refractivity contribution in [3.8, 4) is 0 Å². The molecule has 0 aliphatic heterocycles. The largest absolute Gasteiger partial charge is 0.465 e. The molecule has 0 aliphatic carbocycles. The Bertz CT molecular complexity index is 731. The van der Waals surface area contributed by atoms with E-state index in [1.54, 1.807) is 0 Å². The van der Waals surface area contributed by atoms with E-state index >= 15 is 0 Å². The maximum absolute atomic E-state index is 11.8. The molecular formula is C18H17NO2. The second-order valence-corrected chi connectivity index (χ2v) is 4.99. The smallest absolute Gasteiger partial charge is 0.310 e. The summed E-state index contributed by atoms with van der Waals surface area (Å²) >= 11 is 0. The van der Waals surface area contributed by atoms with Crippen molar-refractivity contribution in [1.82, 2.24) is 4.98 Å². The Morgan fingerprint density at radius 3 is 2.62 bits per heavy atom. The summed E-state index contributed by atoms with van der Waals surface area (Å²) in [5, 5.41) is 1.19. The highest BCUT2D eigenvalue weighted by atomic mass is 16.5. The van der Waals surface area contributed by atoms with Gasteiger partial charge in [-0.1, -0.05) is 48.5 Å². The highest BCUT2D eigenvalue weighted by Gasteiger charge is 2.06. The summed E-state index contributed by atoms with van der Waals surface area (Å²) in [7, 11) is 0. The van der Waals surface area contributed by atoms with Gasteiger partial charge in [-0.2, -0.15) is 0 Å². The Balaban J connectivity index is 1.53. The predicted molar refractivity (Wildman–Crippen MR) is 83.1 cm³/mol. The lowest BCUT2D eigenvalue weighted by molar-refractivity contribution is -0.142. The number of aromatic nitrogens is 1. The Labute approximate surface area is 123 Å². The molecule has 1 aromatic heterocycles. The summed E-state index contributed by atoms with van der Waals surface area (Å²) in [6.45, 7) is 0.410. The van der Waals surface area contributed by atoms with E-state index in [0.717, 1.165) is 17.5 Å². The van der Waals surface area contributed by atoms with E-state index in [2.05, 4.69) is 11.1 Å². The summed E-state index contributed by atoms with van der Waals surface area (Å²) in [4.78, 5) is 15.0. The van der Waals surface area contributed by atoms with Crippen molar-refractivity contribution in [3.63, 3.8) is 0 Å². The molecule has 3 heteroatoms. The van der Waals surface area contributed by atoms with E-state index in [-0.39, 0.29) is 5.97 Å². The van der Waals surface area contributed by atoms with E-state index in [4.69, 9.17) is 4.74 Å². The minimum absolute atomic E-state index is 0.180. The monoisotopic (exact) mass is 279 g/mol. The van der Waals surface area contributed by atoms with Gasteiger partial charge in [-0.05, 0) is 17.2 Å². The van der Waals surface area contributed by atoms with Crippen LogP contribution in [0.25, 0.3) is 10.9 Å². The number of carbonyl (C=O) groups is 1. The number of aromatic amines is 1. The molecule has 0 spiro atoms. The van der Waals surface area contributed by atoms with Gasteiger partial charge in [0.05, 0.1) is 13.0 Å². The number of para-hydroxylation sites is 1. The van der Waals surface area contributed by atoms with Crippen LogP contribution < -0.4 is 0 Å². The van der Waals surface area contributed by atoms with Gasteiger partial charge in [0.2, 0.25) is 0 Å². The number of esters is 1. The van der Waals surface area contributed by atoms with Crippen LogP contribution in [0, 0.1) is 0 Å².